The second-order valence-electron chi connectivity index (χ2n) is 4.39. The molecule has 2 aromatic rings. The fourth-order valence-electron chi connectivity index (χ4n) is 1.90. The number of benzene rings is 2. The second kappa shape index (κ2) is 7.66. The predicted octanol–water partition coefficient (Wildman–Crippen LogP) is 4.26. The van der Waals surface area contributed by atoms with Crippen molar-refractivity contribution in [2.45, 2.75) is 13.5 Å². The van der Waals surface area contributed by atoms with Crippen LogP contribution in [-0.2, 0) is 6.61 Å². The molecule has 0 heterocycles. The highest BCUT2D eigenvalue weighted by atomic mass is 35.5. The SMILES string of the molecule is CCOc1cc(/C=N\O)cc(Cl)c1OCc1ccccc1F. The second-order valence-corrected chi connectivity index (χ2v) is 4.79. The van der Waals surface area contributed by atoms with Crippen LogP contribution in [-0.4, -0.2) is 18.0 Å². The van der Waals surface area contributed by atoms with E-state index in [1.807, 2.05) is 6.92 Å². The molecular formula is C16H15ClFNO3. The summed E-state index contributed by atoms with van der Waals surface area (Å²) in [5.74, 6) is 0.378. The van der Waals surface area contributed by atoms with Crippen LogP contribution in [0.15, 0.2) is 41.6 Å². The number of ether oxygens (including phenoxy) is 2. The summed E-state index contributed by atoms with van der Waals surface area (Å²) < 4.78 is 24.7. The Kier molecular flexibility index (Phi) is 5.61. The highest BCUT2D eigenvalue weighted by Gasteiger charge is 2.13. The zero-order chi connectivity index (χ0) is 15.9. The molecule has 0 aliphatic carbocycles. The van der Waals surface area contributed by atoms with E-state index in [1.54, 1.807) is 30.3 Å². The molecule has 2 aromatic carbocycles. The monoisotopic (exact) mass is 323 g/mol. The minimum absolute atomic E-state index is 0.0277. The van der Waals surface area contributed by atoms with Crippen LogP contribution in [0.25, 0.3) is 0 Å². The number of hydrogen-bond donors (Lipinski definition) is 1. The molecule has 0 fully saturated rings. The minimum Gasteiger partial charge on any atom is -0.490 e. The summed E-state index contributed by atoms with van der Waals surface area (Å²) in [5.41, 5.74) is 0.983. The molecule has 2 rings (SSSR count). The van der Waals surface area contributed by atoms with Gasteiger partial charge < -0.3 is 14.7 Å². The molecule has 6 heteroatoms. The molecule has 0 saturated carbocycles. The summed E-state index contributed by atoms with van der Waals surface area (Å²) in [7, 11) is 0. The first-order valence-electron chi connectivity index (χ1n) is 6.65. The maximum atomic E-state index is 13.6. The maximum Gasteiger partial charge on any atom is 0.180 e. The van der Waals surface area contributed by atoms with E-state index >= 15 is 0 Å². The van der Waals surface area contributed by atoms with Gasteiger partial charge in [0.25, 0.3) is 0 Å². The largest absolute Gasteiger partial charge is 0.490 e. The Morgan fingerprint density at radius 1 is 1.27 bits per heavy atom. The quantitative estimate of drug-likeness (QED) is 0.491. The Bertz CT molecular complexity index is 676. The van der Waals surface area contributed by atoms with Gasteiger partial charge in [-0.2, -0.15) is 0 Å². The molecule has 0 saturated heterocycles. The first kappa shape index (κ1) is 16.1. The van der Waals surface area contributed by atoms with Crippen molar-refractivity contribution >= 4 is 17.8 Å². The van der Waals surface area contributed by atoms with Crippen LogP contribution >= 0.6 is 11.6 Å². The van der Waals surface area contributed by atoms with Gasteiger partial charge in [-0.15, -0.1) is 0 Å². The van der Waals surface area contributed by atoms with E-state index in [-0.39, 0.29) is 17.4 Å². The number of nitrogens with zero attached hydrogens (tertiary/aromatic N) is 1. The molecule has 1 N–H and O–H groups in total. The minimum atomic E-state index is -0.347. The van der Waals surface area contributed by atoms with Crippen molar-refractivity contribution in [2.24, 2.45) is 5.16 Å². The normalized spacial score (nSPS) is 10.9. The third-order valence-corrected chi connectivity index (χ3v) is 3.15. The van der Waals surface area contributed by atoms with Crippen molar-refractivity contribution in [1.29, 1.82) is 0 Å². The molecule has 0 aliphatic heterocycles. The van der Waals surface area contributed by atoms with Gasteiger partial charge in [-0.1, -0.05) is 35.0 Å². The van der Waals surface area contributed by atoms with Gasteiger partial charge in [0.05, 0.1) is 17.8 Å². The van der Waals surface area contributed by atoms with Crippen molar-refractivity contribution < 1.29 is 19.1 Å². The molecule has 0 amide bonds. The van der Waals surface area contributed by atoms with Crippen LogP contribution in [0.2, 0.25) is 5.02 Å². The lowest BCUT2D eigenvalue weighted by atomic mass is 10.2. The molecule has 0 aromatic heterocycles. The van der Waals surface area contributed by atoms with E-state index in [1.165, 1.54) is 12.3 Å². The lowest BCUT2D eigenvalue weighted by Gasteiger charge is -2.14. The molecule has 0 atom stereocenters. The molecule has 116 valence electrons. The van der Waals surface area contributed by atoms with E-state index in [0.29, 0.717) is 29.2 Å². The van der Waals surface area contributed by atoms with Gasteiger partial charge in [0.1, 0.15) is 12.4 Å². The molecule has 0 radical (unpaired) electrons. The first-order chi connectivity index (χ1) is 10.7. The summed E-state index contributed by atoms with van der Waals surface area (Å²) in [6.45, 7) is 2.26. The van der Waals surface area contributed by atoms with Crippen LogP contribution in [0.3, 0.4) is 0 Å². The number of hydrogen-bond acceptors (Lipinski definition) is 4. The van der Waals surface area contributed by atoms with Gasteiger partial charge in [-0.25, -0.2) is 4.39 Å². The van der Waals surface area contributed by atoms with Crippen LogP contribution in [0.5, 0.6) is 11.5 Å². The van der Waals surface area contributed by atoms with E-state index in [2.05, 4.69) is 5.16 Å². The summed E-state index contributed by atoms with van der Waals surface area (Å²) in [4.78, 5) is 0. The Morgan fingerprint density at radius 3 is 2.73 bits per heavy atom. The van der Waals surface area contributed by atoms with Gasteiger partial charge in [-0.3, -0.25) is 0 Å². The average molecular weight is 324 g/mol. The Morgan fingerprint density at radius 2 is 2.05 bits per heavy atom. The maximum absolute atomic E-state index is 13.6. The summed E-state index contributed by atoms with van der Waals surface area (Å²) in [6.07, 6.45) is 1.23. The third kappa shape index (κ3) is 3.89. The van der Waals surface area contributed by atoms with Crippen LogP contribution in [0.1, 0.15) is 18.1 Å². The van der Waals surface area contributed by atoms with Crippen LogP contribution in [0.4, 0.5) is 4.39 Å². The topological polar surface area (TPSA) is 51.0 Å². The molecule has 4 nitrogen and oxygen atoms in total. The zero-order valence-corrected chi connectivity index (χ0v) is 12.7. The van der Waals surface area contributed by atoms with Crippen LogP contribution in [0, 0.1) is 5.82 Å². The van der Waals surface area contributed by atoms with Crippen LogP contribution < -0.4 is 9.47 Å². The predicted molar refractivity (Wildman–Crippen MR) is 82.7 cm³/mol. The van der Waals surface area contributed by atoms with E-state index in [4.69, 9.17) is 26.3 Å². The summed E-state index contributed by atoms with van der Waals surface area (Å²) in [6, 6.07) is 9.54. The molecule has 22 heavy (non-hydrogen) atoms. The summed E-state index contributed by atoms with van der Waals surface area (Å²) >= 11 is 6.17. The number of halogens is 2. The first-order valence-corrected chi connectivity index (χ1v) is 7.03. The van der Waals surface area contributed by atoms with Gasteiger partial charge >= 0.3 is 0 Å². The van der Waals surface area contributed by atoms with Gasteiger partial charge in [0, 0.05) is 11.1 Å². The molecular weight excluding hydrogens is 309 g/mol. The zero-order valence-electron chi connectivity index (χ0n) is 11.9. The Hall–Kier alpha value is -2.27. The number of rotatable bonds is 6. The lowest BCUT2D eigenvalue weighted by Crippen LogP contribution is -2.02. The van der Waals surface area contributed by atoms with E-state index in [9.17, 15) is 4.39 Å². The number of oxime groups is 1. The van der Waals surface area contributed by atoms with Gasteiger partial charge in [-0.05, 0) is 25.1 Å². The Labute approximate surface area is 132 Å². The van der Waals surface area contributed by atoms with E-state index < -0.39 is 0 Å². The highest BCUT2D eigenvalue weighted by Crippen LogP contribution is 2.37. The van der Waals surface area contributed by atoms with Crippen molar-refractivity contribution in [3.8, 4) is 11.5 Å². The molecule has 0 bridgehead atoms. The van der Waals surface area contributed by atoms with Crippen molar-refractivity contribution in [3.63, 3.8) is 0 Å². The van der Waals surface area contributed by atoms with Gasteiger partial charge in [0.15, 0.2) is 11.5 Å². The van der Waals surface area contributed by atoms with E-state index in [0.717, 1.165) is 0 Å². The Balaban J connectivity index is 2.27. The van der Waals surface area contributed by atoms with Gasteiger partial charge in [0.2, 0.25) is 0 Å². The third-order valence-electron chi connectivity index (χ3n) is 2.87. The fourth-order valence-corrected chi connectivity index (χ4v) is 2.17. The highest BCUT2D eigenvalue weighted by molar-refractivity contribution is 6.32. The van der Waals surface area contributed by atoms with Crippen molar-refractivity contribution in [2.75, 3.05) is 6.61 Å². The average Bonchev–Trinajstić information content (AvgIpc) is 2.49. The summed E-state index contributed by atoms with van der Waals surface area (Å²) in [5, 5.41) is 11.8. The molecule has 0 spiro atoms. The van der Waals surface area contributed by atoms with Crippen molar-refractivity contribution in [1.82, 2.24) is 0 Å². The molecule has 0 unspecified atom stereocenters. The smallest absolute Gasteiger partial charge is 0.180 e. The molecule has 0 aliphatic rings. The fraction of sp³-hybridized carbons (Fsp3) is 0.188. The van der Waals surface area contributed by atoms with Crippen molar-refractivity contribution in [3.05, 3.63) is 58.4 Å². The standard InChI is InChI=1S/C16H15ClFNO3/c1-2-21-15-8-11(9-19-20)7-13(17)16(15)22-10-12-5-3-4-6-14(12)18/h3-9,20H,2,10H2,1H3/b19-9-. The lowest BCUT2D eigenvalue weighted by molar-refractivity contribution is 0.266.